The van der Waals surface area contributed by atoms with Crippen LogP contribution in [0.4, 0.5) is 0 Å². The monoisotopic (exact) mass is 262 g/mol. The summed E-state index contributed by atoms with van der Waals surface area (Å²) in [6.45, 7) is 5.20. The molecule has 7 heteroatoms. The summed E-state index contributed by atoms with van der Waals surface area (Å²) < 4.78 is 10.5. The van der Waals surface area contributed by atoms with E-state index in [-0.39, 0.29) is 18.5 Å². The van der Waals surface area contributed by atoms with Crippen molar-refractivity contribution in [2.45, 2.75) is 45.2 Å². The number of aliphatic carboxylic acids is 1. The van der Waals surface area contributed by atoms with E-state index in [4.69, 9.17) is 19.7 Å². The number of carbonyl (C=O) groups is 3. The van der Waals surface area contributed by atoms with Gasteiger partial charge in [0.25, 0.3) is 0 Å². The summed E-state index contributed by atoms with van der Waals surface area (Å²) in [6.07, 6.45) is -2.10. The Balaban J connectivity index is 0.000000411. The summed E-state index contributed by atoms with van der Waals surface area (Å²) in [5, 5.41) is 15.8. The van der Waals surface area contributed by atoms with Gasteiger partial charge in [0.1, 0.15) is 12.2 Å². The Labute approximate surface area is 105 Å². The maximum atomic E-state index is 10.9. The summed E-state index contributed by atoms with van der Waals surface area (Å²) in [4.78, 5) is 30.6. The zero-order valence-corrected chi connectivity index (χ0v) is 10.5. The number of ether oxygens (including phenoxy) is 2. The van der Waals surface area contributed by atoms with Crippen molar-refractivity contribution >= 4 is 18.0 Å². The number of Topliss-reactive ketones (excluding diaryl/α,β-unsaturated/α-hetero) is 1. The van der Waals surface area contributed by atoms with Crippen molar-refractivity contribution in [1.82, 2.24) is 0 Å². The van der Waals surface area contributed by atoms with Crippen LogP contribution in [0.3, 0.4) is 0 Å². The third-order valence-electron chi connectivity index (χ3n) is 2.15. The van der Waals surface area contributed by atoms with Crippen LogP contribution >= 0.6 is 0 Å². The number of aliphatic hydroxyl groups is 1. The maximum absolute atomic E-state index is 10.9. The summed E-state index contributed by atoms with van der Waals surface area (Å²) in [5.41, 5.74) is 0. The molecule has 104 valence electrons. The molecule has 4 atom stereocenters. The molecule has 1 fully saturated rings. The lowest BCUT2D eigenvalue weighted by atomic mass is 10.1. The van der Waals surface area contributed by atoms with Gasteiger partial charge in [0.2, 0.25) is 5.78 Å². The first-order valence-corrected chi connectivity index (χ1v) is 5.46. The third-order valence-corrected chi connectivity index (χ3v) is 2.15. The summed E-state index contributed by atoms with van der Waals surface area (Å²) in [6, 6.07) is 0. The van der Waals surface area contributed by atoms with E-state index >= 15 is 0 Å². The average molecular weight is 262 g/mol. The minimum atomic E-state index is -1.23. The van der Waals surface area contributed by atoms with Crippen molar-refractivity contribution in [3.63, 3.8) is 0 Å². The van der Waals surface area contributed by atoms with Crippen LogP contribution in [-0.4, -0.2) is 59.3 Å². The summed E-state index contributed by atoms with van der Waals surface area (Å²) in [7, 11) is 0. The lowest BCUT2D eigenvalue weighted by Gasteiger charge is -2.31. The van der Waals surface area contributed by atoms with Crippen LogP contribution in [-0.2, 0) is 23.9 Å². The molecule has 0 aromatic rings. The smallest absolute Gasteiger partial charge is 0.332 e. The first-order valence-electron chi connectivity index (χ1n) is 5.46. The van der Waals surface area contributed by atoms with Gasteiger partial charge < -0.3 is 19.7 Å². The number of carbonyl (C=O) groups excluding carboxylic acids is 2. The highest BCUT2D eigenvalue weighted by atomic mass is 16.6. The van der Waals surface area contributed by atoms with Crippen molar-refractivity contribution in [2.24, 2.45) is 0 Å². The highest BCUT2D eigenvalue weighted by Gasteiger charge is 2.32. The molecule has 18 heavy (non-hydrogen) atoms. The van der Waals surface area contributed by atoms with Crippen molar-refractivity contribution in [3.05, 3.63) is 0 Å². The largest absolute Gasteiger partial charge is 0.479 e. The van der Waals surface area contributed by atoms with Crippen LogP contribution < -0.4 is 0 Å². The van der Waals surface area contributed by atoms with Gasteiger partial charge in [-0.2, -0.15) is 0 Å². The molecular weight excluding hydrogens is 244 g/mol. The first-order chi connectivity index (χ1) is 8.29. The number of rotatable bonds is 3. The minimum Gasteiger partial charge on any atom is -0.479 e. The van der Waals surface area contributed by atoms with E-state index in [9.17, 15) is 14.4 Å². The predicted molar refractivity (Wildman–Crippen MR) is 60.1 cm³/mol. The number of hydrogen-bond donors (Lipinski definition) is 2. The van der Waals surface area contributed by atoms with Gasteiger partial charge in [-0.3, -0.25) is 9.59 Å². The maximum Gasteiger partial charge on any atom is 0.332 e. The van der Waals surface area contributed by atoms with Crippen LogP contribution in [0.2, 0.25) is 0 Å². The van der Waals surface area contributed by atoms with Crippen LogP contribution in [0.25, 0.3) is 0 Å². The molecule has 2 N–H and O–H groups in total. The van der Waals surface area contributed by atoms with E-state index in [0.717, 1.165) is 0 Å². The van der Waals surface area contributed by atoms with E-state index < -0.39 is 24.0 Å². The average Bonchev–Trinajstić information content (AvgIpc) is 2.32. The Hall–Kier alpha value is -1.31. The van der Waals surface area contributed by atoms with Crippen LogP contribution in [0.5, 0.6) is 0 Å². The number of hydrogen-bond acceptors (Lipinski definition) is 6. The molecule has 0 spiro atoms. The van der Waals surface area contributed by atoms with Crippen LogP contribution in [0.15, 0.2) is 0 Å². The molecule has 1 saturated heterocycles. The Morgan fingerprint density at radius 3 is 2.28 bits per heavy atom. The van der Waals surface area contributed by atoms with E-state index in [1.54, 1.807) is 13.8 Å². The Kier molecular flexibility index (Phi) is 7.33. The second kappa shape index (κ2) is 7.91. The zero-order chi connectivity index (χ0) is 14.3. The molecule has 4 unspecified atom stereocenters. The molecule has 1 rings (SSSR count). The molecule has 0 aromatic heterocycles. The fourth-order valence-corrected chi connectivity index (χ4v) is 1.14. The summed E-state index contributed by atoms with van der Waals surface area (Å²) >= 11 is 0. The number of carboxylic acid groups (broad SMARTS) is 1. The number of aldehydes is 1. The van der Waals surface area contributed by atoms with Crippen LogP contribution in [0, 0.1) is 0 Å². The second-order valence-electron chi connectivity index (χ2n) is 3.94. The van der Waals surface area contributed by atoms with Gasteiger partial charge >= 0.3 is 5.97 Å². The number of ketones is 1. The van der Waals surface area contributed by atoms with Crippen molar-refractivity contribution in [2.75, 3.05) is 6.61 Å². The third kappa shape index (κ3) is 5.85. The van der Waals surface area contributed by atoms with E-state index in [0.29, 0.717) is 6.61 Å². The van der Waals surface area contributed by atoms with Crippen LogP contribution in [0.1, 0.15) is 20.8 Å². The van der Waals surface area contributed by atoms with Gasteiger partial charge in [0, 0.05) is 0 Å². The lowest BCUT2D eigenvalue weighted by Crippen LogP contribution is -2.45. The standard InChI is InChI=1S/C8H12O4.C3H6O3/c1-5-4-11-6(2)8(12-5)7(10)3-9;1-2(4)3(5)6/h3,5-6,8H,4H2,1-2H3;2,4H,1H3,(H,5,6). The van der Waals surface area contributed by atoms with Gasteiger partial charge in [0.15, 0.2) is 6.29 Å². The molecule has 0 amide bonds. The second-order valence-corrected chi connectivity index (χ2v) is 3.94. The van der Waals surface area contributed by atoms with E-state index in [1.165, 1.54) is 6.92 Å². The number of aliphatic hydroxyl groups excluding tert-OH is 1. The van der Waals surface area contributed by atoms with Gasteiger partial charge in [-0.15, -0.1) is 0 Å². The highest BCUT2D eigenvalue weighted by molar-refractivity contribution is 6.27. The Morgan fingerprint density at radius 1 is 1.39 bits per heavy atom. The molecule has 0 saturated carbocycles. The van der Waals surface area contributed by atoms with Gasteiger partial charge in [-0.25, -0.2) is 4.79 Å². The van der Waals surface area contributed by atoms with Crippen molar-refractivity contribution < 1.29 is 34.1 Å². The quantitative estimate of drug-likeness (QED) is 0.516. The molecule has 0 radical (unpaired) electrons. The van der Waals surface area contributed by atoms with Gasteiger partial charge in [-0.1, -0.05) is 0 Å². The van der Waals surface area contributed by atoms with Crippen molar-refractivity contribution in [1.29, 1.82) is 0 Å². The SMILES string of the molecule is CC(O)C(=O)O.CC1COC(C)C(C(=O)C=O)O1. The summed E-state index contributed by atoms with van der Waals surface area (Å²) in [5.74, 6) is -1.73. The molecule has 0 aliphatic carbocycles. The first kappa shape index (κ1) is 16.7. The van der Waals surface area contributed by atoms with E-state index in [2.05, 4.69) is 0 Å². The molecule has 0 bridgehead atoms. The fourth-order valence-electron chi connectivity index (χ4n) is 1.14. The Bertz CT molecular complexity index is 300. The molecule has 0 aromatic carbocycles. The normalized spacial score (nSPS) is 28.6. The highest BCUT2D eigenvalue weighted by Crippen LogP contribution is 2.14. The Morgan fingerprint density at radius 2 is 1.89 bits per heavy atom. The fraction of sp³-hybridized carbons (Fsp3) is 0.727. The number of carboxylic acids is 1. The zero-order valence-electron chi connectivity index (χ0n) is 10.5. The van der Waals surface area contributed by atoms with E-state index in [1.807, 2.05) is 0 Å². The predicted octanol–water partition coefficient (Wildman–Crippen LogP) is -0.601. The lowest BCUT2D eigenvalue weighted by molar-refractivity contribution is -0.178. The minimum absolute atomic E-state index is 0.116. The van der Waals surface area contributed by atoms with Gasteiger partial charge in [0.05, 0.1) is 18.8 Å². The molecule has 7 nitrogen and oxygen atoms in total. The van der Waals surface area contributed by atoms with Crippen molar-refractivity contribution in [3.8, 4) is 0 Å². The molecular formula is C11H18O7. The molecule has 1 heterocycles. The molecule has 1 aliphatic rings. The topological polar surface area (TPSA) is 110 Å². The van der Waals surface area contributed by atoms with Gasteiger partial charge in [-0.05, 0) is 20.8 Å². The molecule has 1 aliphatic heterocycles.